The van der Waals surface area contributed by atoms with Crippen LogP contribution in [-0.4, -0.2) is 6.54 Å². The first-order valence-corrected chi connectivity index (χ1v) is 4.11. The molecule has 0 aliphatic rings. The molecule has 12 heavy (non-hydrogen) atoms. The minimum Gasteiger partial charge on any atom is -0.330 e. The van der Waals surface area contributed by atoms with Crippen molar-refractivity contribution >= 4 is 0 Å². The SMILES string of the molecule is Cc1ccc(F)c([C@H](C)CN)c1. The van der Waals surface area contributed by atoms with E-state index in [1.807, 2.05) is 19.9 Å². The number of benzene rings is 1. The van der Waals surface area contributed by atoms with Crippen molar-refractivity contribution in [3.05, 3.63) is 35.1 Å². The average molecular weight is 167 g/mol. The van der Waals surface area contributed by atoms with E-state index in [-0.39, 0.29) is 11.7 Å². The van der Waals surface area contributed by atoms with Gasteiger partial charge in [0.25, 0.3) is 0 Å². The Hall–Kier alpha value is -0.890. The van der Waals surface area contributed by atoms with Crippen LogP contribution in [0.5, 0.6) is 0 Å². The van der Waals surface area contributed by atoms with Crippen LogP contribution in [0.1, 0.15) is 24.0 Å². The van der Waals surface area contributed by atoms with E-state index in [9.17, 15) is 4.39 Å². The summed E-state index contributed by atoms with van der Waals surface area (Å²) in [5.74, 6) is -0.0524. The van der Waals surface area contributed by atoms with Crippen LogP contribution in [0.4, 0.5) is 4.39 Å². The summed E-state index contributed by atoms with van der Waals surface area (Å²) in [4.78, 5) is 0. The second-order valence-corrected chi connectivity index (χ2v) is 3.16. The third-order valence-electron chi connectivity index (χ3n) is 2.04. The third kappa shape index (κ3) is 1.83. The molecule has 0 unspecified atom stereocenters. The summed E-state index contributed by atoms with van der Waals surface area (Å²) < 4.78 is 13.2. The van der Waals surface area contributed by atoms with Gasteiger partial charge in [0.1, 0.15) is 5.82 Å². The van der Waals surface area contributed by atoms with E-state index in [0.29, 0.717) is 6.54 Å². The zero-order valence-corrected chi connectivity index (χ0v) is 7.47. The predicted octanol–water partition coefficient (Wildman–Crippen LogP) is 2.20. The molecule has 0 fully saturated rings. The first kappa shape index (κ1) is 9.20. The van der Waals surface area contributed by atoms with Crippen LogP contribution in [0, 0.1) is 12.7 Å². The Kier molecular flexibility index (Phi) is 2.82. The minimum absolute atomic E-state index is 0.102. The summed E-state index contributed by atoms with van der Waals surface area (Å²) in [5, 5.41) is 0. The molecule has 0 aliphatic carbocycles. The molecule has 2 heteroatoms. The third-order valence-corrected chi connectivity index (χ3v) is 2.04. The van der Waals surface area contributed by atoms with Gasteiger partial charge in [0.15, 0.2) is 0 Å². The van der Waals surface area contributed by atoms with Crippen LogP contribution in [0.15, 0.2) is 18.2 Å². The molecule has 0 spiro atoms. The van der Waals surface area contributed by atoms with Gasteiger partial charge >= 0.3 is 0 Å². The van der Waals surface area contributed by atoms with Crippen LogP contribution in [-0.2, 0) is 0 Å². The van der Waals surface area contributed by atoms with E-state index >= 15 is 0 Å². The van der Waals surface area contributed by atoms with Crippen LogP contribution >= 0.6 is 0 Å². The number of rotatable bonds is 2. The molecule has 0 saturated heterocycles. The van der Waals surface area contributed by atoms with Gasteiger partial charge in [-0.3, -0.25) is 0 Å². The Bertz CT molecular complexity index is 271. The molecule has 0 bridgehead atoms. The number of aryl methyl sites for hydroxylation is 1. The van der Waals surface area contributed by atoms with Crippen molar-refractivity contribution in [1.82, 2.24) is 0 Å². The maximum absolute atomic E-state index is 13.2. The van der Waals surface area contributed by atoms with Gasteiger partial charge in [-0.2, -0.15) is 0 Å². The van der Waals surface area contributed by atoms with Crippen molar-refractivity contribution in [3.63, 3.8) is 0 Å². The first-order chi connectivity index (χ1) is 5.65. The Labute approximate surface area is 72.4 Å². The maximum Gasteiger partial charge on any atom is 0.126 e. The van der Waals surface area contributed by atoms with E-state index in [0.717, 1.165) is 11.1 Å². The van der Waals surface area contributed by atoms with E-state index in [1.54, 1.807) is 6.07 Å². The molecule has 0 aromatic heterocycles. The monoisotopic (exact) mass is 167 g/mol. The van der Waals surface area contributed by atoms with Gasteiger partial charge in [-0.05, 0) is 31.0 Å². The van der Waals surface area contributed by atoms with Crippen molar-refractivity contribution in [3.8, 4) is 0 Å². The molecule has 66 valence electrons. The van der Waals surface area contributed by atoms with Gasteiger partial charge in [0, 0.05) is 0 Å². The zero-order chi connectivity index (χ0) is 9.14. The lowest BCUT2D eigenvalue weighted by atomic mass is 9.99. The highest BCUT2D eigenvalue weighted by molar-refractivity contribution is 5.26. The normalized spacial score (nSPS) is 13.0. The fourth-order valence-corrected chi connectivity index (χ4v) is 1.17. The highest BCUT2D eigenvalue weighted by Gasteiger charge is 2.08. The van der Waals surface area contributed by atoms with E-state index in [2.05, 4.69) is 0 Å². The van der Waals surface area contributed by atoms with E-state index < -0.39 is 0 Å². The highest BCUT2D eigenvalue weighted by atomic mass is 19.1. The van der Waals surface area contributed by atoms with Gasteiger partial charge in [-0.15, -0.1) is 0 Å². The lowest BCUT2D eigenvalue weighted by Gasteiger charge is -2.10. The Morgan fingerprint density at radius 1 is 1.50 bits per heavy atom. The summed E-state index contributed by atoms with van der Waals surface area (Å²) in [6, 6.07) is 5.12. The molecule has 0 saturated carbocycles. The van der Waals surface area contributed by atoms with Gasteiger partial charge in [0.2, 0.25) is 0 Å². The highest BCUT2D eigenvalue weighted by Crippen LogP contribution is 2.18. The van der Waals surface area contributed by atoms with Crippen molar-refractivity contribution in [2.45, 2.75) is 19.8 Å². The first-order valence-electron chi connectivity index (χ1n) is 4.11. The quantitative estimate of drug-likeness (QED) is 0.718. The summed E-state index contributed by atoms with van der Waals surface area (Å²) in [7, 11) is 0. The average Bonchev–Trinajstić information content (AvgIpc) is 2.08. The molecule has 0 heterocycles. The summed E-state index contributed by atoms with van der Waals surface area (Å²) >= 11 is 0. The molecule has 2 N–H and O–H groups in total. The predicted molar refractivity (Wildman–Crippen MR) is 48.6 cm³/mol. The van der Waals surface area contributed by atoms with Crippen LogP contribution in [0.2, 0.25) is 0 Å². The lowest BCUT2D eigenvalue weighted by Crippen LogP contribution is -2.10. The number of hydrogen-bond donors (Lipinski definition) is 1. The van der Waals surface area contributed by atoms with Crippen LogP contribution in [0.25, 0.3) is 0 Å². The van der Waals surface area contributed by atoms with Crippen molar-refractivity contribution in [2.75, 3.05) is 6.54 Å². The molecule has 1 nitrogen and oxygen atoms in total. The van der Waals surface area contributed by atoms with Crippen LogP contribution < -0.4 is 5.73 Å². The smallest absolute Gasteiger partial charge is 0.126 e. The van der Waals surface area contributed by atoms with Crippen molar-refractivity contribution in [2.24, 2.45) is 5.73 Å². The minimum atomic E-state index is -0.154. The number of hydrogen-bond acceptors (Lipinski definition) is 1. The molecule has 0 radical (unpaired) electrons. The molecule has 1 rings (SSSR count). The molecule has 1 aromatic carbocycles. The summed E-state index contributed by atoms with van der Waals surface area (Å²) in [6.07, 6.45) is 0. The largest absolute Gasteiger partial charge is 0.330 e. The maximum atomic E-state index is 13.2. The van der Waals surface area contributed by atoms with E-state index in [4.69, 9.17) is 5.73 Å². The molecule has 0 aliphatic heterocycles. The molecule has 0 amide bonds. The molecule has 1 aromatic rings. The van der Waals surface area contributed by atoms with Crippen molar-refractivity contribution in [1.29, 1.82) is 0 Å². The van der Waals surface area contributed by atoms with E-state index in [1.165, 1.54) is 6.07 Å². The fourth-order valence-electron chi connectivity index (χ4n) is 1.17. The summed E-state index contributed by atoms with van der Waals surface area (Å²) in [6.45, 7) is 4.37. The number of halogens is 1. The Morgan fingerprint density at radius 2 is 2.17 bits per heavy atom. The molecule has 1 atom stereocenters. The Morgan fingerprint density at radius 3 is 2.75 bits per heavy atom. The summed E-state index contributed by atoms with van der Waals surface area (Å²) in [5.41, 5.74) is 7.25. The van der Waals surface area contributed by atoms with Crippen LogP contribution in [0.3, 0.4) is 0 Å². The van der Waals surface area contributed by atoms with Gasteiger partial charge in [-0.1, -0.05) is 24.6 Å². The molecular weight excluding hydrogens is 153 g/mol. The topological polar surface area (TPSA) is 26.0 Å². The standard InChI is InChI=1S/C10H14FN/c1-7-3-4-10(11)9(5-7)8(2)6-12/h3-5,8H,6,12H2,1-2H3/t8-/m1/s1. The lowest BCUT2D eigenvalue weighted by molar-refractivity contribution is 0.590. The second kappa shape index (κ2) is 3.68. The van der Waals surface area contributed by atoms with Gasteiger partial charge < -0.3 is 5.73 Å². The number of nitrogens with two attached hydrogens (primary N) is 1. The zero-order valence-electron chi connectivity index (χ0n) is 7.47. The van der Waals surface area contributed by atoms with Crippen molar-refractivity contribution < 1.29 is 4.39 Å². The fraction of sp³-hybridized carbons (Fsp3) is 0.400. The molecular formula is C10H14FN. The van der Waals surface area contributed by atoms with Gasteiger partial charge in [0.05, 0.1) is 0 Å². The Balaban J connectivity index is 3.04. The van der Waals surface area contributed by atoms with Gasteiger partial charge in [-0.25, -0.2) is 4.39 Å². The second-order valence-electron chi connectivity index (χ2n) is 3.16.